The summed E-state index contributed by atoms with van der Waals surface area (Å²) in [5, 5.41) is 10.9. The van der Waals surface area contributed by atoms with Gasteiger partial charge in [0.15, 0.2) is 11.8 Å². The molecular formula is C21H32IN5O. The standard InChI is InChI=1S/C21H31N5O.HI/c1-15(2)20-25-19(27-26-20)13-14-23-21(22-3)24-18-11-9-17(10-12-18)16-7-5-4-6-8-16;/h4-8,15,17-18H,9-14H2,1-3H3,(H2,22,23,24);1H. The van der Waals surface area contributed by atoms with Crippen LogP contribution in [0.2, 0.25) is 0 Å². The van der Waals surface area contributed by atoms with Crippen LogP contribution in [0.1, 0.15) is 68.6 Å². The van der Waals surface area contributed by atoms with Crippen LogP contribution >= 0.6 is 24.0 Å². The van der Waals surface area contributed by atoms with E-state index in [2.05, 4.69) is 69.9 Å². The van der Waals surface area contributed by atoms with Crippen molar-refractivity contribution in [3.05, 3.63) is 47.6 Å². The van der Waals surface area contributed by atoms with Gasteiger partial charge in [0.2, 0.25) is 5.89 Å². The number of aromatic nitrogens is 2. The normalized spacial score (nSPS) is 19.9. The van der Waals surface area contributed by atoms with Crippen molar-refractivity contribution in [2.45, 2.75) is 63.8 Å². The van der Waals surface area contributed by atoms with Gasteiger partial charge in [-0.05, 0) is 37.2 Å². The van der Waals surface area contributed by atoms with Gasteiger partial charge in [0.1, 0.15) is 0 Å². The van der Waals surface area contributed by atoms with Crippen molar-refractivity contribution in [1.82, 2.24) is 20.8 Å². The molecule has 7 heteroatoms. The first-order valence-electron chi connectivity index (χ1n) is 10.00. The van der Waals surface area contributed by atoms with Crippen LogP contribution in [0.4, 0.5) is 0 Å². The van der Waals surface area contributed by atoms with Gasteiger partial charge in [0.25, 0.3) is 0 Å². The van der Waals surface area contributed by atoms with Gasteiger partial charge in [-0.1, -0.05) is 49.3 Å². The van der Waals surface area contributed by atoms with Crippen LogP contribution in [-0.2, 0) is 6.42 Å². The molecule has 0 radical (unpaired) electrons. The highest BCUT2D eigenvalue weighted by molar-refractivity contribution is 14.0. The zero-order valence-corrected chi connectivity index (χ0v) is 19.3. The number of hydrogen-bond donors (Lipinski definition) is 2. The smallest absolute Gasteiger partial charge is 0.228 e. The molecule has 2 N–H and O–H groups in total. The number of halogens is 1. The predicted molar refractivity (Wildman–Crippen MR) is 123 cm³/mol. The van der Waals surface area contributed by atoms with E-state index >= 15 is 0 Å². The Bertz CT molecular complexity index is 723. The molecule has 154 valence electrons. The number of hydrogen-bond acceptors (Lipinski definition) is 4. The molecule has 1 aromatic heterocycles. The molecule has 1 aliphatic rings. The average molecular weight is 497 g/mol. The van der Waals surface area contributed by atoms with E-state index in [1.54, 1.807) is 0 Å². The van der Waals surface area contributed by atoms with Crippen molar-refractivity contribution in [2.75, 3.05) is 13.6 Å². The first kappa shape index (κ1) is 22.6. The highest BCUT2D eigenvalue weighted by Gasteiger charge is 2.22. The minimum absolute atomic E-state index is 0. The minimum Gasteiger partial charge on any atom is -0.356 e. The fourth-order valence-electron chi connectivity index (χ4n) is 3.58. The van der Waals surface area contributed by atoms with Gasteiger partial charge < -0.3 is 15.2 Å². The summed E-state index contributed by atoms with van der Waals surface area (Å²) in [5.41, 5.74) is 1.47. The van der Waals surface area contributed by atoms with Crippen LogP contribution in [0.15, 0.2) is 39.8 Å². The molecular weight excluding hydrogens is 465 g/mol. The number of rotatable bonds is 6. The fraction of sp³-hybridized carbons (Fsp3) is 0.571. The molecule has 1 fully saturated rings. The second kappa shape index (κ2) is 11.4. The van der Waals surface area contributed by atoms with Crippen LogP contribution in [-0.4, -0.2) is 35.7 Å². The number of aliphatic imine (C=N–C) groups is 1. The molecule has 1 heterocycles. The summed E-state index contributed by atoms with van der Waals surface area (Å²) in [6.45, 7) is 4.84. The third-order valence-electron chi connectivity index (χ3n) is 5.19. The summed E-state index contributed by atoms with van der Waals surface area (Å²) in [7, 11) is 1.81. The van der Waals surface area contributed by atoms with Crippen LogP contribution < -0.4 is 10.6 Å². The van der Waals surface area contributed by atoms with Crippen LogP contribution in [0, 0.1) is 0 Å². The molecule has 0 atom stereocenters. The van der Waals surface area contributed by atoms with Gasteiger partial charge >= 0.3 is 0 Å². The summed E-state index contributed by atoms with van der Waals surface area (Å²) in [4.78, 5) is 8.76. The molecule has 28 heavy (non-hydrogen) atoms. The van der Waals surface area contributed by atoms with E-state index in [-0.39, 0.29) is 29.9 Å². The van der Waals surface area contributed by atoms with Gasteiger partial charge in [-0.2, -0.15) is 4.98 Å². The molecule has 6 nitrogen and oxygen atoms in total. The molecule has 1 aliphatic carbocycles. The summed E-state index contributed by atoms with van der Waals surface area (Å²) in [6.07, 6.45) is 5.47. The summed E-state index contributed by atoms with van der Waals surface area (Å²) in [6, 6.07) is 11.3. The molecule has 0 bridgehead atoms. The average Bonchev–Trinajstić information content (AvgIpc) is 3.18. The van der Waals surface area contributed by atoms with Gasteiger partial charge in [-0.25, -0.2) is 0 Å². The Labute approximate surface area is 185 Å². The van der Waals surface area contributed by atoms with Gasteiger partial charge in [-0.3, -0.25) is 4.99 Å². The van der Waals surface area contributed by atoms with E-state index in [1.807, 2.05) is 7.05 Å². The van der Waals surface area contributed by atoms with E-state index in [9.17, 15) is 0 Å². The zero-order valence-electron chi connectivity index (χ0n) is 17.0. The van der Waals surface area contributed by atoms with E-state index in [4.69, 9.17) is 4.52 Å². The van der Waals surface area contributed by atoms with Crippen molar-refractivity contribution in [1.29, 1.82) is 0 Å². The molecule has 0 amide bonds. The minimum atomic E-state index is 0. The van der Waals surface area contributed by atoms with Crippen molar-refractivity contribution >= 4 is 29.9 Å². The fourth-order valence-corrected chi connectivity index (χ4v) is 3.58. The maximum Gasteiger partial charge on any atom is 0.228 e. The highest BCUT2D eigenvalue weighted by atomic mass is 127. The van der Waals surface area contributed by atoms with Crippen molar-refractivity contribution in [2.24, 2.45) is 4.99 Å². The quantitative estimate of drug-likeness (QED) is 0.355. The third-order valence-corrected chi connectivity index (χ3v) is 5.19. The number of nitrogens with one attached hydrogen (secondary N) is 2. The van der Waals surface area contributed by atoms with Crippen LogP contribution in [0.25, 0.3) is 0 Å². The Morgan fingerprint density at radius 2 is 1.89 bits per heavy atom. The van der Waals surface area contributed by atoms with E-state index in [0.29, 0.717) is 24.3 Å². The van der Waals surface area contributed by atoms with Gasteiger partial charge in [-0.15, -0.1) is 24.0 Å². The molecule has 3 rings (SSSR count). The Morgan fingerprint density at radius 3 is 2.50 bits per heavy atom. The first-order chi connectivity index (χ1) is 13.2. The molecule has 2 aromatic rings. The van der Waals surface area contributed by atoms with Crippen molar-refractivity contribution < 1.29 is 4.52 Å². The zero-order chi connectivity index (χ0) is 19.1. The molecule has 0 spiro atoms. The number of benzene rings is 1. The highest BCUT2D eigenvalue weighted by Crippen LogP contribution is 2.32. The SMILES string of the molecule is CN=C(NCCc1nc(C(C)C)no1)NC1CCC(c2ccccc2)CC1.I. The molecule has 0 saturated heterocycles. The summed E-state index contributed by atoms with van der Waals surface area (Å²) in [5.74, 6) is 3.26. The van der Waals surface area contributed by atoms with Gasteiger partial charge in [0.05, 0.1) is 0 Å². The monoisotopic (exact) mass is 497 g/mol. The lowest BCUT2D eigenvalue weighted by Crippen LogP contribution is -2.45. The maximum absolute atomic E-state index is 5.28. The van der Waals surface area contributed by atoms with E-state index in [1.165, 1.54) is 31.2 Å². The molecule has 1 saturated carbocycles. The maximum atomic E-state index is 5.28. The largest absolute Gasteiger partial charge is 0.356 e. The first-order valence-corrected chi connectivity index (χ1v) is 10.00. The van der Waals surface area contributed by atoms with Crippen LogP contribution in [0.5, 0.6) is 0 Å². The number of guanidine groups is 1. The lowest BCUT2D eigenvalue weighted by Gasteiger charge is -2.30. The second-order valence-corrected chi connectivity index (χ2v) is 7.55. The molecule has 1 aromatic carbocycles. The molecule has 0 unspecified atom stereocenters. The Balaban J connectivity index is 0.00000280. The number of nitrogens with zero attached hydrogens (tertiary/aromatic N) is 3. The predicted octanol–water partition coefficient (Wildman–Crippen LogP) is 4.24. The summed E-state index contributed by atoms with van der Waals surface area (Å²) >= 11 is 0. The van der Waals surface area contributed by atoms with Crippen molar-refractivity contribution in [3.63, 3.8) is 0 Å². The molecule has 0 aliphatic heterocycles. The Morgan fingerprint density at radius 1 is 1.18 bits per heavy atom. The lowest BCUT2D eigenvalue weighted by atomic mass is 9.82. The van der Waals surface area contributed by atoms with E-state index in [0.717, 1.165) is 18.3 Å². The van der Waals surface area contributed by atoms with Crippen LogP contribution in [0.3, 0.4) is 0 Å². The topological polar surface area (TPSA) is 75.3 Å². The van der Waals surface area contributed by atoms with E-state index < -0.39 is 0 Å². The summed E-state index contributed by atoms with van der Waals surface area (Å²) < 4.78 is 5.28. The lowest BCUT2D eigenvalue weighted by molar-refractivity contribution is 0.367. The van der Waals surface area contributed by atoms with Crippen molar-refractivity contribution in [3.8, 4) is 0 Å². The van der Waals surface area contributed by atoms with Gasteiger partial charge in [0, 0.05) is 32.0 Å². The Hall–Kier alpha value is -1.64. The Kier molecular flexibility index (Phi) is 9.21. The third kappa shape index (κ3) is 6.46. The second-order valence-electron chi connectivity index (χ2n) is 7.55.